The summed E-state index contributed by atoms with van der Waals surface area (Å²) in [6.45, 7) is 1.88. The highest BCUT2D eigenvalue weighted by molar-refractivity contribution is 5.74. The average molecular weight is 286 g/mol. The molecule has 1 aliphatic rings. The van der Waals surface area contributed by atoms with E-state index in [1.807, 2.05) is 24.3 Å². The largest absolute Gasteiger partial charge is 0.373 e. The highest BCUT2D eigenvalue weighted by atomic mass is 15.1. The van der Waals surface area contributed by atoms with Crippen molar-refractivity contribution in [2.75, 3.05) is 13.1 Å². The minimum atomic E-state index is 0.836. The Morgan fingerprint density at radius 1 is 1.05 bits per heavy atom. The van der Waals surface area contributed by atoms with E-state index < -0.39 is 0 Å². The van der Waals surface area contributed by atoms with Gasteiger partial charge in [0, 0.05) is 25.7 Å². The zero-order chi connectivity index (χ0) is 15.0. The maximum Gasteiger partial charge on any atom is 0.113 e. The summed E-state index contributed by atoms with van der Waals surface area (Å²) >= 11 is 0. The minimum absolute atomic E-state index is 0.836. The van der Waals surface area contributed by atoms with E-state index in [1.165, 1.54) is 11.1 Å². The van der Waals surface area contributed by atoms with Gasteiger partial charge in [-0.05, 0) is 41.5 Å². The van der Waals surface area contributed by atoms with Gasteiger partial charge in [0.25, 0.3) is 0 Å². The number of allylic oxidation sites excluding steroid dienone is 2. The fraction of sp³-hybridized carbons (Fsp3) is 0.150. The van der Waals surface area contributed by atoms with E-state index in [0.717, 1.165) is 25.2 Å². The first-order chi connectivity index (χ1) is 10.9. The molecule has 0 aliphatic carbocycles. The molecular formula is C20H18N2. The maximum absolute atomic E-state index is 4.20. The fourth-order valence-electron chi connectivity index (χ4n) is 2.33. The molecule has 1 aromatic carbocycles. The molecule has 0 saturated carbocycles. The van der Waals surface area contributed by atoms with Crippen molar-refractivity contribution in [2.45, 2.75) is 6.42 Å². The van der Waals surface area contributed by atoms with Crippen molar-refractivity contribution in [1.29, 1.82) is 0 Å². The number of hydrogen-bond acceptors (Lipinski definition) is 2. The van der Waals surface area contributed by atoms with Gasteiger partial charge in [-0.25, -0.2) is 4.98 Å². The monoisotopic (exact) mass is 286 g/mol. The summed E-state index contributed by atoms with van der Waals surface area (Å²) in [4.78, 5) is 6.47. The molecule has 2 heteroatoms. The van der Waals surface area contributed by atoms with Crippen LogP contribution in [0.2, 0.25) is 0 Å². The molecule has 2 heterocycles. The van der Waals surface area contributed by atoms with E-state index in [4.69, 9.17) is 0 Å². The van der Waals surface area contributed by atoms with Gasteiger partial charge in [0.15, 0.2) is 0 Å². The second kappa shape index (κ2) is 7.28. The van der Waals surface area contributed by atoms with Crippen molar-refractivity contribution in [3.05, 3.63) is 84.3 Å². The molecule has 0 fully saturated rings. The van der Waals surface area contributed by atoms with Crippen molar-refractivity contribution in [3.63, 3.8) is 0 Å². The Morgan fingerprint density at radius 2 is 1.91 bits per heavy atom. The summed E-state index contributed by atoms with van der Waals surface area (Å²) in [5.74, 6) is 6.27. The van der Waals surface area contributed by atoms with E-state index in [0.29, 0.717) is 0 Å². The molecule has 0 N–H and O–H groups in total. The smallest absolute Gasteiger partial charge is 0.113 e. The van der Waals surface area contributed by atoms with Gasteiger partial charge in [0.2, 0.25) is 0 Å². The highest BCUT2D eigenvalue weighted by Crippen LogP contribution is 2.19. The van der Waals surface area contributed by atoms with Crippen LogP contribution in [0.4, 0.5) is 0 Å². The number of nitrogens with zero attached hydrogens (tertiary/aromatic N) is 2. The highest BCUT2D eigenvalue weighted by Gasteiger charge is 2.05. The number of benzene rings is 1. The standard InChI is InChI=1S/C20H18N2/c1-2-8-18(9-3-1)19-12-16-22(17-13-19)15-7-5-11-20-10-4-6-14-21-20/h1-4,6,8-10,12-14,16H,7,15,17H2. The maximum atomic E-state index is 4.20. The average Bonchev–Trinajstić information content (AvgIpc) is 2.61. The first-order valence-corrected chi connectivity index (χ1v) is 7.49. The van der Waals surface area contributed by atoms with Crippen LogP contribution in [0.1, 0.15) is 17.7 Å². The lowest BCUT2D eigenvalue weighted by Crippen LogP contribution is -2.20. The number of aromatic nitrogens is 1. The topological polar surface area (TPSA) is 16.1 Å². The predicted molar refractivity (Wildman–Crippen MR) is 90.9 cm³/mol. The second-order valence-corrected chi connectivity index (χ2v) is 5.10. The third kappa shape index (κ3) is 3.86. The van der Waals surface area contributed by atoms with Crippen LogP contribution < -0.4 is 0 Å². The van der Waals surface area contributed by atoms with Crippen LogP contribution in [0.3, 0.4) is 0 Å². The van der Waals surface area contributed by atoms with E-state index in [9.17, 15) is 0 Å². The molecule has 1 aromatic heterocycles. The lowest BCUT2D eigenvalue weighted by Gasteiger charge is -2.21. The molecule has 0 unspecified atom stereocenters. The fourth-order valence-corrected chi connectivity index (χ4v) is 2.33. The number of pyridine rings is 1. The normalized spacial score (nSPS) is 13.3. The third-order valence-electron chi connectivity index (χ3n) is 3.52. The van der Waals surface area contributed by atoms with Crippen molar-refractivity contribution in [3.8, 4) is 11.8 Å². The van der Waals surface area contributed by atoms with Crippen LogP contribution in [0.5, 0.6) is 0 Å². The molecule has 0 atom stereocenters. The molecule has 2 nitrogen and oxygen atoms in total. The van der Waals surface area contributed by atoms with Gasteiger partial charge < -0.3 is 4.90 Å². The molecule has 1 aliphatic heterocycles. The van der Waals surface area contributed by atoms with E-state index >= 15 is 0 Å². The van der Waals surface area contributed by atoms with Crippen LogP contribution in [0, 0.1) is 11.8 Å². The van der Waals surface area contributed by atoms with Crippen molar-refractivity contribution in [2.24, 2.45) is 0 Å². The van der Waals surface area contributed by atoms with Crippen LogP contribution in [0.15, 0.2) is 73.1 Å². The Hall–Kier alpha value is -2.79. The molecular weight excluding hydrogens is 268 g/mol. The molecule has 3 rings (SSSR count). The molecule has 0 radical (unpaired) electrons. The Kier molecular flexibility index (Phi) is 4.69. The summed E-state index contributed by atoms with van der Waals surface area (Å²) < 4.78 is 0. The molecule has 2 aromatic rings. The van der Waals surface area contributed by atoms with Crippen molar-refractivity contribution >= 4 is 5.57 Å². The van der Waals surface area contributed by atoms with Gasteiger partial charge in [-0.1, -0.05) is 48.4 Å². The molecule has 0 amide bonds. The quantitative estimate of drug-likeness (QED) is 0.799. The summed E-state index contributed by atoms with van der Waals surface area (Å²) in [5.41, 5.74) is 3.40. The van der Waals surface area contributed by atoms with Crippen molar-refractivity contribution in [1.82, 2.24) is 9.88 Å². The Morgan fingerprint density at radius 3 is 2.64 bits per heavy atom. The molecule has 0 spiro atoms. The molecule has 0 saturated heterocycles. The Balaban J connectivity index is 1.50. The molecule has 22 heavy (non-hydrogen) atoms. The second-order valence-electron chi connectivity index (χ2n) is 5.10. The Bertz CT molecular complexity index is 719. The van der Waals surface area contributed by atoms with Gasteiger partial charge >= 0.3 is 0 Å². The van der Waals surface area contributed by atoms with Crippen LogP contribution in [0.25, 0.3) is 5.57 Å². The van der Waals surface area contributed by atoms with Crippen molar-refractivity contribution < 1.29 is 0 Å². The number of rotatable bonds is 3. The zero-order valence-electron chi connectivity index (χ0n) is 12.4. The van der Waals surface area contributed by atoms with E-state index in [1.54, 1.807) is 6.20 Å². The predicted octanol–water partition coefficient (Wildman–Crippen LogP) is 3.74. The lowest BCUT2D eigenvalue weighted by molar-refractivity contribution is 0.423. The van der Waals surface area contributed by atoms with Gasteiger partial charge in [0.1, 0.15) is 5.69 Å². The van der Waals surface area contributed by atoms with Crippen LogP contribution in [-0.2, 0) is 0 Å². The van der Waals surface area contributed by atoms with E-state index in [2.05, 4.69) is 64.3 Å². The molecule has 0 bridgehead atoms. The van der Waals surface area contributed by atoms with Gasteiger partial charge in [-0.2, -0.15) is 0 Å². The van der Waals surface area contributed by atoms with E-state index in [-0.39, 0.29) is 0 Å². The SMILES string of the molecule is C(#Cc1ccccn1)CCN1C=CC(c2ccccc2)=CC1. The number of hydrogen-bond donors (Lipinski definition) is 0. The first kappa shape index (κ1) is 14.2. The van der Waals surface area contributed by atoms with Gasteiger partial charge in [-0.3, -0.25) is 0 Å². The Labute approximate surface area is 131 Å². The summed E-state index contributed by atoms with van der Waals surface area (Å²) in [5, 5.41) is 0. The third-order valence-corrected chi connectivity index (χ3v) is 3.52. The minimum Gasteiger partial charge on any atom is -0.373 e. The summed E-state index contributed by atoms with van der Waals surface area (Å²) in [6, 6.07) is 16.3. The molecule has 108 valence electrons. The lowest BCUT2D eigenvalue weighted by atomic mass is 10.0. The van der Waals surface area contributed by atoms with Gasteiger partial charge in [-0.15, -0.1) is 0 Å². The summed E-state index contributed by atoms with van der Waals surface area (Å²) in [7, 11) is 0. The van der Waals surface area contributed by atoms with Crippen LogP contribution in [-0.4, -0.2) is 23.0 Å². The zero-order valence-corrected chi connectivity index (χ0v) is 12.4. The summed E-state index contributed by atoms with van der Waals surface area (Å²) in [6.07, 6.45) is 9.21. The van der Waals surface area contributed by atoms with Gasteiger partial charge in [0.05, 0.1) is 0 Å². The van der Waals surface area contributed by atoms with Crippen LogP contribution >= 0.6 is 0 Å². The first-order valence-electron chi connectivity index (χ1n) is 7.49.